The van der Waals surface area contributed by atoms with Gasteiger partial charge in [0.1, 0.15) is 5.78 Å². The lowest BCUT2D eigenvalue weighted by Crippen LogP contribution is -2.21. The zero-order valence-corrected chi connectivity index (χ0v) is 9.70. The highest BCUT2D eigenvalue weighted by atomic mass is 35.5. The highest BCUT2D eigenvalue weighted by Gasteiger charge is 1.89. The molecule has 0 saturated heterocycles. The van der Waals surface area contributed by atoms with Crippen LogP contribution in [0.3, 0.4) is 0 Å². The Morgan fingerprint density at radius 1 is 1.00 bits per heavy atom. The largest absolute Gasteiger partial charge is 0.304 e. The standard InChI is InChI=1S/C6H15N.C3H6O.ClH/c1-4-7(5-2)6-3;1-3(2)4;/h4-6H2,1-3H3;1-2H3;1H. The van der Waals surface area contributed by atoms with Crippen LogP contribution in [0.1, 0.15) is 34.6 Å². The second-order valence-corrected chi connectivity index (χ2v) is 2.53. The van der Waals surface area contributed by atoms with Gasteiger partial charge in [-0.05, 0) is 33.5 Å². The Kier molecular flexibility index (Phi) is 20.1. The molecule has 0 spiro atoms. The number of nitrogens with zero attached hydrogens (tertiary/aromatic N) is 1. The predicted molar refractivity (Wildman–Crippen MR) is 57.1 cm³/mol. The molecule has 0 heterocycles. The molecule has 0 aromatic rings. The lowest BCUT2D eigenvalue weighted by atomic mass is 10.5. The van der Waals surface area contributed by atoms with Crippen LogP contribution in [-0.4, -0.2) is 30.3 Å². The first kappa shape index (κ1) is 17.9. The quantitative estimate of drug-likeness (QED) is 0.689. The van der Waals surface area contributed by atoms with Crippen LogP contribution >= 0.6 is 12.4 Å². The molecule has 0 saturated carbocycles. The average molecular weight is 196 g/mol. The van der Waals surface area contributed by atoms with E-state index < -0.39 is 0 Å². The summed E-state index contributed by atoms with van der Waals surface area (Å²) in [7, 11) is 0. The van der Waals surface area contributed by atoms with Crippen molar-refractivity contribution in [3.05, 3.63) is 0 Å². The minimum atomic E-state index is 0. The van der Waals surface area contributed by atoms with Crippen LogP contribution in [0.5, 0.6) is 0 Å². The van der Waals surface area contributed by atoms with Gasteiger partial charge in [-0.15, -0.1) is 12.4 Å². The third-order valence-electron chi connectivity index (χ3n) is 1.34. The maximum absolute atomic E-state index is 9.44. The number of hydrogen-bond acceptors (Lipinski definition) is 2. The van der Waals surface area contributed by atoms with Gasteiger partial charge in [0.2, 0.25) is 0 Å². The first-order chi connectivity index (χ1) is 5.08. The molecule has 0 aliphatic carbocycles. The molecule has 0 aromatic heterocycles. The van der Waals surface area contributed by atoms with E-state index in [4.69, 9.17) is 0 Å². The van der Waals surface area contributed by atoms with Gasteiger partial charge in [0, 0.05) is 0 Å². The second kappa shape index (κ2) is 13.5. The monoisotopic (exact) mass is 195 g/mol. The van der Waals surface area contributed by atoms with Crippen molar-refractivity contribution in [1.29, 1.82) is 0 Å². The minimum Gasteiger partial charge on any atom is -0.304 e. The third kappa shape index (κ3) is 22.5. The molecule has 3 heteroatoms. The lowest BCUT2D eigenvalue weighted by molar-refractivity contribution is -0.114. The van der Waals surface area contributed by atoms with Crippen molar-refractivity contribution in [2.75, 3.05) is 19.6 Å². The molecule has 76 valence electrons. The van der Waals surface area contributed by atoms with Crippen LogP contribution in [-0.2, 0) is 4.79 Å². The van der Waals surface area contributed by atoms with E-state index >= 15 is 0 Å². The number of rotatable bonds is 3. The summed E-state index contributed by atoms with van der Waals surface area (Å²) in [5.41, 5.74) is 0. The number of ketones is 1. The zero-order chi connectivity index (χ0) is 9.28. The SMILES string of the molecule is CC(C)=O.CCN(CC)CC.Cl. The average Bonchev–Trinajstić information content (AvgIpc) is 1.90. The zero-order valence-electron chi connectivity index (χ0n) is 8.89. The Bertz CT molecular complexity index is 83.0. The van der Waals surface area contributed by atoms with Crippen LogP contribution in [0.15, 0.2) is 0 Å². The van der Waals surface area contributed by atoms with Crippen molar-refractivity contribution in [2.24, 2.45) is 0 Å². The molecular weight excluding hydrogens is 174 g/mol. The van der Waals surface area contributed by atoms with Gasteiger partial charge in [0.25, 0.3) is 0 Å². The molecule has 0 unspecified atom stereocenters. The van der Waals surface area contributed by atoms with E-state index in [1.54, 1.807) is 0 Å². The Hall–Kier alpha value is -0.0800. The number of carbonyl (C=O) groups excluding carboxylic acids is 1. The molecular formula is C9H22ClNO. The fourth-order valence-electron chi connectivity index (χ4n) is 0.671. The number of hydrogen-bond donors (Lipinski definition) is 0. The van der Waals surface area contributed by atoms with Gasteiger partial charge in [0.05, 0.1) is 0 Å². The van der Waals surface area contributed by atoms with E-state index in [-0.39, 0.29) is 18.2 Å². The van der Waals surface area contributed by atoms with E-state index in [9.17, 15) is 4.79 Å². The first-order valence-electron chi connectivity index (χ1n) is 4.27. The fourth-order valence-corrected chi connectivity index (χ4v) is 0.671. The minimum absolute atomic E-state index is 0. The summed E-state index contributed by atoms with van der Waals surface area (Å²) in [6.07, 6.45) is 0. The summed E-state index contributed by atoms with van der Waals surface area (Å²) in [5.74, 6) is 0.167. The summed E-state index contributed by atoms with van der Waals surface area (Å²) < 4.78 is 0. The van der Waals surface area contributed by atoms with Crippen LogP contribution in [0.25, 0.3) is 0 Å². The number of carbonyl (C=O) groups is 1. The van der Waals surface area contributed by atoms with Crippen LogP contribution in [0.2, 0.25) is 0 Å². The summed E-state index contributed by atoms with van der Waals surface area (Å²) in [6.45, 7) is 13.2. The van der Waals surface area contributed by atoms with E-state index in [1.165, 1.54) is 33.5 Å². The van der Waals surface area contributed by atoms with Crippen LogP contribution in [0, 0.1) is 0 Å². The Morgan fingerprint density at radius 2 is 1.17 bits per heavy atom. The molecule has 0 fully saturated rings. The van der Waals surface area contributed by atoms with Crippen molar-refractivity contribution in [2.45, 2.75) is 34.6 Å². The summed E-state index contributed by atoms with van der Waals surface area (Å²) >= 11 is 0. The van der Waals surface area contributed by atoms with Gasteiger partial charge in [0.15, 0.2) is 0 Å². The smallest absolute Gasteiger partial charge is 0.126 e. The molecule has 0 radical (unpaired) electrons. The second-order valence-electron chi connectivity index (χ2n) is 2.53. The van der Waals surface area contributed by atoms with Gasteiger partial charge < -0.3 is 9.69 Å². The summed E-state index contributed by atoms with van der Waals surface area (Å²) in [6, 6.07) is 0. The van der Waals surface area contributed by atoms with Crippen LogP contribution in [0.4, 0.5) is 0 Å². The maximum atomic E-state index is 9.44. The topological polar surface area (TPSA) is 20.3 Å². The van der Waals surface area contributed by atoms with E-state index in [0.717, 1.165) is 0 Å². The molecule has 0 N–H and O–H groups in total. The number of Topliss-reactive ketones (excluding diaryl/α,β-unsaturated/α-hetero) is 1. The normalized spacial score (nSPS) is 8.17. The predicted octanol–water partition coefficient (Wildman–Crippen LogP) is 2.37. The van der Waals surface area contributed by atoms with Gasteiger partial charge in [-0.3, -0.25) is 0 Å². The molecule has 0 atom stereocenters. The van der Waals surface area contributed by atoms with Crippen molar-refractivity contribution in [3.63, 3.8) is 0 Å². The van der Waals surface area contributed by atoms with Gasteiger partial charge in [-0.25, -0.2) is 0 Å². The van der Waals surface area contributed by atoms with Crippen molar-refractivity contribution < 1.29 is 4.79 Å². The molecule has 0 rings (SSSR count). The molecule has 0 aliphatic rings. The Labute approximate surface area is 82.7 Å². The molecule has 2 nitrogen and oxygen atoms in total. The molecule has 0 amide bonds. The van der Waals surface area contributed by atoms with E-state index in [0.29, 0.717) is 0 Å². The first-order valence-corrected chi connectivity index (χ1v) is 4.27. The molecule has 12 heavy (non-hydrogen) atoms. The summed E-state index contributed by atoms with van der Waals surface area (Å²) in [4.78, 5) is 11.8. The molecule has 0 aromatic carbocycles. The van der Waals surface area contributed by atoms with Gasteiger partial charge >= 0.3 is 0 Å². The molecule has 0 bridgehead atoms. The Balaban J connectivity index is -0.000000142. The van der Waals surface area contributed by atoms with Crippen molar-refractivity contribution in [1.82, 2.24) is 4.90 Å². The number of halogens is 1. The van der Waals surface area contributed by atoms with Crippen molar-refractivity contribution >= 4 is 18.2 Å². The van der Waals surface area contributed by atoms with E-state index in [2.05, 4.69) is 25.7 Å². The van der Waals surface area contributed by atoms with Gasteiger partial charge in [-0.2, -0.15) is 0 Å². The highest BCUT2D eigenvalue weighted by Crippen LogP contribution is 1.81. The highest BCUT2D eigenvalue weighted by molar-refractivity contribution is 5.85. The maximum Gasteiger partial charge on any atom is 0.126 e. The van der Waals surface area contributed by atoms with Crippen LogP contribution < -0.4 is 0 Å². The lowest BCUT2D eigenvalue weighted by Gasteiger charge is -2.13. The third-order valence-corrected chi connectivity index (χ3v) is 1.34. The molecule has 0 aliphatic heterocycles. The van der Waals surface area contributed by atoms with Crippen molar-refractivity contribution in [3.8, 4) is 0 Å². The fraction of sp³-hybridized carbons (Fsp3) is 0.889. The van der Waals surface area contributed by atoms with Gasteiger partial charge in [-0.1, -0.05) is 20.8 Å². The Morgan fingerprint density at radius 3 is 1.17 bits per heavy atom. The summed E-state index contributed by atoms with van der Waals surface area (Å²) in [5, 5.41) is 0. The van der Waals surface area contributed by atoms with E-state index in [1.807, 2.05) is 0 Å².